The van der Waals surface area contributed by atoms with Crippen molar-refractivity contribution in [2.75, 3.05) is 23.3 Å². The third kappa shape index (κ3) is 4.93. The van der Waals surface area contributed by atoms with Crippen LogP contribution in [0.2, 0.25) is 0 Å². The summed E-state index contributed by atoms with van der Waals surface area (Å²) in [7, 11) is 0. The lowest BCUT2D eigenvalue weighted by Gasteiger charge is -2.27. The lowest BCUT2D eigenvalue weighted by molar-refractivity contribution is 0.102. The van der Waals surface area contributed by atoms with Crippen molar-refractivity contribution in [1.82, 2.24) is 10.2 Å². The Balaban J connectivity index is 1.28. The molecule has 4 aromatic rings. The van der Waals surface area contributed by atoms with Crippen LogP contribution < -0.4 is 10.2 Å². The first-order valence-corrected chi connectivity index (χ1v) is 11.4. The fourth-order valence-electron chi connectivity index (χ4n) is 4.18. The molecular formula is C28H26N4O. The van der Waals surface area contributed by atoms with Gasteiger partial charge in [0.1, 0.15) is 0 Å². The molecule has 0 aliphatic carbocycles. The van der Waals surface area contributed by atoms with Gasteiger partial charge in [0, 0.05) is 29.9 Å². The third-order valence-corrected chi connectivity index (χ3v) is 6.00. The van der Waals surface area contributed by atoms with Crippen LogP contribution in [0, 0.1) is 0 Å². The van der Waals surface area contributed by atoms with Crippen molar-refractivity contribution in [2.45, 2.75) is 19.3 Å². The molecule has 0 saturated carbocycles. The van der Waals surface area contributed by atoms with Crippen LogP contribution in [0.5, 0.6) is 0 Å². The lowest BCUT2D eigenvalue weighted by atomic mass is 10.0. The number of carbonyl (C=O) groups is 1. The first-order chi connectivity index (χ1) is 16.3. The summed E-state index contributed by atoms with van der Waals surface area (Å²) in [5, 5.41) is 11.9. The summed E-state index contributed by atoms with van der Waals surface area (Å²) >= 11 is 0. The molecule has 5 heteroatoms. The number of aromatic nitrogens is 2. The molecular weight excluding hydrogens is 408 g/mol. The number of hydrogen-bond donors (Lipinski definition) is 1. The van der Waals surface area contributed by atoms with E-state index >= 15 is 0 Å². The van der Waals surface area contributed by atoms with E-state index < -0.39 is 0 Å². The van der Waals surface area contributed by atoms with Gasteiger partial charge in [-0.25, -0.2) is 0 Å². The minimum absolute atomic E-state index is 0.140. The Bertz CT molecular complexity index is 1210. The van der Waals surface area contributed by atoms with Gasteiger partial charge in [-0.05, 0) is 66.8 Å². The number of hydrogen-bond acceptors (Lipinski definition) is 4. The second-order valence-corrected chi connectivity index (χ2v) is 8.30. The molecule has 1 aliphatic heterocycles. The monoisotopic (exact) mass is 434 g/mol. The highest BCUT2D eigenvalue weighted by Crippen LogP contribution is 2.24. The maximum atomic E-state index is 12.8. The van der Waals surface area contributed by atoms with Crippen molar-refractivity contribution in [1.29, 1.82) is 0 Å². The molecule has 0 unspecified atom stereocenters. The molecule has 33 heavy (non-hydrogen) atoms. The number of amides is 1. The topological polar surface area (TPSA) is 58.1 Å². The molecule has 0 bridgehead atoms. The van der Waals surface area contributed by atoms with Gasteiger partial charge < -0.3 is 10.2 Å². The molecule has 1 aliphatic rings. The highest BCUT2D eigenvalue weighted by Gasteiger charge is 2.13. The van der Waals surface area contributed by atoms with Crippen LogP contribution in [0.4, 0.5) is 11.5 Å². The predicted molar refractivity (Wildman–Crippen MR) is 133 cm³/mol. The van der Waals surface area contributed by atoms with Crippen LogP contribution in [-0.2, 0) is 0 Å². The van der Waals surface area contributed by atoms with Crippen LogP contribution in [-0.4, -0.2) is 29.2 Å². The van der Waals surface area contributed by atoms with Crippen molar-refractivity contribution < 1.29 is 4.79 Å². The molecule has 1 aromatic heterocycles. The molecule has 1 fully saturated rings. The number of piperidine rings is 1. The summed E-state index contributed by atoms with van der Waals surface area (Å²) in [6.45, 7) is 2.09. The third-order valence-electron chi connectivity index (χ3n) is 6.00. The fraction of sp³-hybridized carbons (Fsp3) is 0.179. The molecule has 164 valence electrons. The Labute approximate surface area is 194 Å². The zero-order valence-corrected chi connectivity index (χ0v) is 18.4. The molecule has 1 saturated heterocycles. The van der Waals surface area contributed by atoms with Crippen LogP contribution in [0.25, 0.3) is 22.4 Å². The van der Waals surface area contributed by atoms with Gasteiger partial charge in [-0.3, -0.25) is 4.79 Å². The maximum Gasteiger partial charge on any atom is 0.255 e. The van der Waals surface area contributed by atoms with Gasteiger partial charge in [-0.2, -0.15) is 0 Å². The SMILES string of the molecule is O=C(Nc1cccc(-c2ccc(N3CCCCC3)nn2)c1)c1ccc(-c2ccccc2)cc1. The largest absolute Gasteiger partial charge is 0.355 e. The second-order valence-electron chi connectivity index (χ2n) is 8.30. The number of nitrogens with zero attached hydrogens (tertiary/aromatic N) is 3. The zero-order chi connectivity index (χ0) is 22.5. The van der Waals surface area contributed by atoms with E-state index in [1.54, 1.807) is 0 Å². The predicted octanol–water partition coefficient (Wildman–Crippen LogP) is 6.05. The molecule has 3 aromatic carbocycles. The first-order valence-electron chi connectivity index (χ1n) is 11.4. The van der Waals surface area contributed by atoms with E-state index in [9.17, 15) is 4.79 Å². The van der Waals surface area contributed by atoms with Crippen molar-refractivity contribution >= 4 is 17.4 Å². The Morgan fingerprint density at radius 1 is 0.697 bits per heavy atom. The van der Waals surface area contributed by atoms with Crippen LogP contribution in [0.15, 0.2) is 91.0 Å². The second kappa shape index (κ2) is 9.65. The number of anilines is 2. The van der Waals surface area contributed by atoms with Crippen LogP contribution in [0.1, 0.15) is 29.6 Å². The summed E-state index contributed by atoms with van der Waals surface area (Å²) in [5.41, 5.74) is 5.27. The summed E-state index contributed by atoms with van der Waals surface area (Å²) in [6.07, 6.45) is 3.71. The maximum absolute atomic E-state index is 12.8. The molecule has 5 rings (SSSR count). The molecule has 2 heterocycles. The normalized spacial score (nSPS) is 13.5. The smallest absolute Gasteiger partial charge is 0.255 e. The van der Waals surface area contributed by atoms with E-state index in [2.05, 4.69) is 32.5 Å². The minimum atomic E-state index is -0.140. The van der Waals surface area contributed by atoms with Gasteiger partial charge >= 0.3 is 0 Å². The van der Waals surface area contributed by atoms with Gasteiger partial charge in [0.15, 0.2) is 5.82 Å². The summed E-state index contributed by atoms with van der Waals surface area (Å²) < 4.78 is 0. The average Bonchev–Trinajstić information content (AvgIpc) is 2.90. The number of benzene rings is 3. The van der Waals surface area contributed by atoms with Crippen molar-refractivity contribution in [3.63, 3.8) is 0 Å². The van der Waals surface area contributed by atoms with Gasteiger partial charge in [0.05, 0.1) is 5.69 Å². The number of carbonyl (C=O) groups excluding carboxylic acids is 1. The fourth-order valence-corrected chi connectivity index (χ4v) is 4.18. The van der Waals surface area contributed by atoms with E-state index in [0.717, 1.165) is 47.0 Å². The van der Waals surface area contributed by atoms with Crippen molar-refractivity contribution in [3.05, 3.63) is 96.6 Å². The van der Waals surface area contributed by atoms with E-state index in [0.29, 0.717) is 5.56 Å². The van der Waals surface area contributed by atoms with Gasteiger partial charge in [-0.15, -0.1) is 10.2 Å². The number of nitrogens with one attached hydrogen (secondary N) is 1. The molecule has 1 amide bonds. The average molecular weight is 435 g/mol. The zero-order valence-electron chi connectivity index (χ0n) is 18.4. The molecule has 1 N–H and O–H groups in total. The Morgan fingerprint density at radius 3 is 2.15 bits per heavy atom. The van der Waals surface area contributed by atoms with E-state index in [1.807, 2.05) is 78.9 Å². The van der Waals surface area contributed by atoms with Crippen LogP contribution in [0.3, 0.4) is 0 Å². The highest BCUT2D eigenvalue weighted by atomic mass is 16.1. The Kier molecular flexibility index (Phi) is 6.11. The molecule has 5 nitrogen and oxygen atoms in total. The van der Waals surface area contributed by atoms with E-state index in [1.165, 1.54) is 19.3 Å². The first kappa shape index (κ1) is 20.9. The summed E-state index contributed by atoms with van der Waals surface area (Å²) in [6, 6.07) is 29.5. The van der Waals surface area contributed by atoms with E-state index in [-0.39, 0.29) is 5.91 Å². The minimum Gasteiger partial charge on any atom is -0.355 e. The quantitative estimate of drug-likeness (QED) is 0.415. The highest BCUT2D eigenvalue weighted by molar-refractivity contribution is 6.04. The lowest BCUT2D eigenvalue weighted by Crippen LogP contribution is -2.30. The molecule has 0 radical (unpaired) electrons. The van der Waals surface area contributed by atoms with Crippen molar-refractivity contribution in [2.24, 2.45) is 0 Å². The van der Waals surface area contributed by atoms with Crippen LogP contribution >= 0.6 is 0 Å². The van der Waals surface area contributed by atoms with Crippen molar-refractivity contribution in [3.8, 4) is 22.4 Å². The molecule has 0 atom stereocenters. The Hall–Kier alpha value is -3.99. The Morgan fingerprint density at radius 2 is 1.42 bits per heavy atom. The van der Waals surface area contributed by atoms with Gasteiger partial charge in [0.25, 0.3) is 5.91 Å². The van der Waals surface area contributed by atoms with Gasteiger partial charge in [-0.1, -0.05) is 54.6 Å². The van der Waals surface area contributed by atoms with Gasteiger partial charge in [0.2, 0.25) is 0 Å². The summed E-state index contributed by atoms with van der Waals surface area (Å²) in [4.78, 5) is 15.1. The standard InChI is InChI=1S/C28H26N4O/c33-28(23-14-12-22(13-15-23)21-8-3-1-4-9-21)29-25-11-7-10-24(20-25)26-16-17-27(31-30-26)32-18-5-2-6-19-32/h1,3-4,7-17,20H,2,5-6,18-19H2,(H,29,33). The molecule has 0 spiro atoms. The number of rotatable bonds is 5. The van der Waals surface area contributed by atoms with E-state index in [4.69, 9.17) is 0 Å². The summed E-state index contributed by atoms with van der Waals surface area (Å²) in [5.74, 6) is 0.792.